The highest BCUT2D eigenvalue weighted by molar-refractivity contribution is 5.94. The number of amides is 1. The van der Waals surface area contributed by atoms with E-state index in [0.717, 1.165) is 0 Å². The third kappa shape index (κ3) is 4.29. The summed E-state index contributed by atoms with van der Waals surface area (Å²) >= 11 is 0. The summed E-state index contributed by atoms with van der Waals surface area (Å²) in [5.41, 5.74) is 0.643. The molecule has 1 N–H and O–H groups in total. The molecule has 2 rings (SSSR count). The highest BCUT2D eigenvalue weighted by Gasteiger charge is 2.38. The Morgan fingerprint density at radius 3 is 2.55 bits per heavy atom. The third-order valence-corrected chi connectivity index (χ3v) is 3.74. The van der Waals surface area contributed by atoms with Gasteiger partial charge in [0.15, 0.2) is 6.29 Å². The minimum absolute atomic E-state index is 0.0975. The molecule has 1 saturated heterocycles. The second-order valence-electron chi connectivity index (χ2n) is 5.33. The fourth-order valence-corrected chi connectivity index (χ4v) is 2.76. The molecule has 5 heteroatoms. The smallest absolute Gasteiger partial charge is 0.251 e. The van der Waals surface area contributed by atoms with Crippen molar-refractivity contribution >= 4 is 5.91 Å². The zero-order valence-electron chi connectivity index (χ0n) is 13.5. The summed E-state index contributed by atoms with van der Waals surface area (Å²) in [7, 11) is 0. The van der Waals surface area contributed by atoms with E-state index in [1.54, 1.807) is 12.1 Å². The molecule has 1 aromatic carbocycles. The van der Waals surface area contributed by atoms with E-state index in [1.807, 2.05) is 39.0 Å². The number of carbonyl (C=O) groups is 1. The Morgan fingerprint density at radius 1 is 1.23 bits per heavy atom. The lowest BCUT2D eigenvalue weighted by atomic mass is 9.98. The summed E-state index contributed by atoms with van der Waals surface area (Å²) in [6.07, 6.45) is -0.0278. The van der Waals surface area contributed by atoms with Crippen molar-refractivity contribution in [3.05, 3.63) is 35.9 Å². The van der Waals surface area contributed by atoms with Crippen LogP contribution in [0.5, 0.6) is 0 Å². The molecular formula is C17H25NO4. The Labute approximate surface area is 131 Å². The Hall–Kier alpha value is -1.43. The predicted molar refractivity (Wildman–Crippen MR) is 83.7 cm³/mol. The van der Waals surface area contributed by atoms with Gasteiger partial charge in [-0.05, 0) is 32.9 Å². The van der Waals surface area contributed by atoms with Gasteiger partial charge in [-0.25, -0.2) is 0 Å². The fourth-order valence-electron chi connectivity index (χ4n) is 2.76. The van der Waals surface area contributed by atoms with Crippen molar-refractivity contribution in [1.29, 1.82) is 0 Å². The second-order valence-corrected chi connectivity index (χ2v) is 5.33. The Morgan fingerprint density at radius 2 is 1.91 bits per heavy atom. The first-order valence-corrected chi connectivity index (χ1v) is 7.90. The average Bonchev–Trinajstić information content (AvgIpc) is 2.52. The molecule has 1 fully saturated rings. The minimum atomic E-state index is -0.308. The van der Waals surface area contributed by atoms with Gasteiger partial charge in [0.2, 0.25) is 0 Å². The molecule has 1 aliphatic heterocycles. The van der Waals surface area contributed by atoms with Crippen molar-refractivity contribution in [2.24, 2.45) is 0 Å². The van der Waals surface area contributed by atoms with Gasteiger partial charge in [0.1, 0.15) is 6.10 Å². The number of rotatable bonds is 6. The van der Waals surface area contributed by atoms with Crippen LogP contribution in [0.3, 0.4) is 0 Å². The number of hydrogen-bond donors (Lipinski definition) is 1. The standard InChI is InChI=1S/C17H25NO4/c1-4-20-15-11-14(16(21-5-2)12(3)22-15)18-17(19)13-9-7-6-8-10-13/h6-10,12,14-16H,4-5,11H2,1-3H3,(H,18,19)/t12-,14?,15+,16+/m1/s1. The largest absolute Gasteiger partial charge is 0.374 e. The summed E-state index contributed by atoms with van der Waals surface area (Å²) < 4.78 is 17.2. The SMILES string of the molecule is CCO[C@@H]1CC(NC(=O)c2ccccc2)[C@@H](OCC)[C@@H](C)O1. The van der Waals surface area contributed by atoms with Crippen LogP contribution in [-0.2, 0) is 14.2 Å². The zero-order chi connectivity index (χ0) is 15.9. The molecule has 0 radical (unpaired) electrons. The molecule has 0 bridgehead atoms. The van der Waals surface area contributed by atoms with Crippen molar-refractivity contribution in [2.75, 3.05) is 13.2 Å². The first kappa shape index (κ1) is 16.9. The first-order chi connectivity index (χ1) is 10.7. The molecule has 4 atom stereocenters. The summed E-state index contributed by atoms with van der Waals surface area (Å²) in [4.78, 5) is 12.4. The monoisotopic (exact) mass is 307 g/mol. The van der Waals surface area contributed by atoms with Crippen LogP contribution < -0.4 is 5.32 Å². The van der Waals surface area contributed by atoms with E-state index in [4.69, 9.17) is 14.2 Å². The number of ether oxygens (including phenoxy) is 3. The van der Waals surface area contributed by atoms with Gasteiger partial charge < -0.3 is 19.5 Å². The van der Waals surface area contributed by atoms with E-state index >= 15 is 0 Å². The quantitative estimate of drug-likeness (QED) is 0.876. The lowest BCUT2D eigenvalue weighted by molar-refractivity contribution is -0.230. The van der Waals surface area contributed by atoms with E-state index in [2.05, 4.69) is 5.32 Å². The van der Waals surface area contributed by atoms with E-state index in [0.29, 0.717) is 25.2 Å². The molecule has 0 aromatic heterocycles. The molecule has 1 amide bonds. The number of nitrogens with one attached hydrogen (secondary N) is 1. The van der Waals surface area contributed by atoms with Gasteiger partial charge in [0.05, 0.1) is 12.1 Å². The average molecular weight is 307 g/mol. The van der Waals surface area contributed by atoms with Crippen LogP contribution in [0, 0.1) is 0 Å². The summed E-state index contributed by atoms with van der Waals surface area (Å²) in [6, 6.07) is 9.06. The molecular weight excluding hydrogens is 282 g/mol. The molecule has 0 spiro atoms. The summed E-state index contributed by atoms with van der Waals surface area (Å²) in [5.74, 6) is -0.0975. The number of hydrogen-bond acceptors (Lipinski definition) is 4. The van der Waals surface area contributed by atoms with Crippen molar-refractivity contribution in [1.82, 2.24) is 5.32 Å². The molecule has 22 heavy (non-hydrogen) atoms. The van der Waals surface area contributed by atoms with Gasteiger partial charge in [-0.1, -0.05) is 18.2 Å². The van der Waals surface area contributed by atoms with Gasteiger partial charge in [-0.3, -0.25) is 4.79 Å². The molecule has 0 saturated carbocycles. The van der Waals surface area contributed by atoms with Gasteiger partial charge in [-0.2, -0.15) is 0 Å². The maximum Gasteiger partial charge on any atom is 0.251 e. The fraction of sp³-hybridized carbons (Fsp3) is 0.588. The Bertz CT molecular complexity index is 465. The van der Waals surface area contributed by atoms with Gasteiger partial charge in [0.25, 0.3) is 5.91 Å². The van der Waals surface area contributed by atoms with Crippen LogP contribution in [0.15, 0.2) is 30.3 Å². The highest BCUT2D eigenvalue weighted by Crippen LogP contribution is 2.24. The second kappa shape index (κ2) is 8.27. The van der Waals surface area contributed by atoms with E-state index in [-0.39, 0.29) is 30.4 Å². The topological polar surface area (TPSA) is 56.8 Å². The van der Waals surface area contributed by atoms with Gasteiger partial charge >= 0.3 is 0 Å². The van der Waals surface area contributed by atoms with Crippen molar-refractivity contribution in [3.8, 4) is 0 Å². The van der Waals surface area contributed by atoms with E-state index in [1.165, 1.54) is 0 Å². The van der Waals surface area contributed by atoms with Crippen LogP contribution in [0.2, 0.25) is 0 Å². The van der Waals surface area contributed by atoms with Crippen molar-refractivity contribution in [3.63, 3.8) is 0 Å². The highest BCUT2D eigenvalue weighted by atomic mass is 16.7. The molecule has 1 heterocycles. The molecule has 1 aliphatic rings. The summed E-state index contributed by atoms with van der Waals surface area (Å²) in [6.45, 7) is 6.98. The maximum absolute atomic E-state index is 12.4. The van der Waals surface area contributed by atoms with Crippen molar-refractivity contribution < 1.29 is 19.0 Å². The van der Waals surface area contributed by atoms with Crippen LogP contribution >= 0.6 is 0 Å². The predicted octanol–water partition coefficient (Wildman–Crippen LogP) is 2.36. The molecule has 1 unspecified atom stereocenters. The first-order valence-electron chi connectivity index (χ1n) is 7.90. The molecule has 122 valence electrons. The lowest BCUT2D eigenvalue weighted by Gasteiger charge is -2.40. The summed E-state index contributed by atoms with van der Waals surface area (Å²) in [5, 5.41) is 3.06. The van der Waals surface area contributed by atoms with Gasteiger partial charge in [0, 0.05) is 25.2 Å². The zero-order valence-corrected chi connectivity index (χ0v) is 13.5. The van der Waals surface area contributed by atoms with E-state index < -0.39 is 0 Å². The Balaban J connectivity index is 2.07. The van der Waals surface area contributed by atoms with E-state index in [9.17, 15) is 4.79 Å². The van der Waals surface area contributed by atoms with Crippen LogP contribution in [-0.4, -0.2) is 43.7 Å². The number of carbonyl (C=O) groups excluding carboxylic acids is 1. The molecule has 5 nitrogen and oxygen atoms in total. The minimum Gasteiger partial charge on any atom is -0.374 e. The van der Waals surface area contributed by atoms with Gasteiger partial charge in [-0.15, -0.1) is 0 Å². The Kier molecular flexibility index (Phi) is 6.36. The maximum atomic E-state index is 12.4. The van der Waals surface area contributed by atoms with Crippen LogP contribution in [0.1, 0.15) is 37.6 Å². The van der Waals surface area contributed by atoms with Crippen LogP contribution in [0.4, 0.5) is 0 Å². The molecule has 0 aliphatic carbocycles. The lowest BCUT2D eigenvalue weighted by Crippen LogP contribution is -2.56. The number of benzene rings is 1. The molecule has 1 aromatic rings. The third-order valence-electron chi connectivity index (χ3n) is 3.74. The van der Waals surface area contributed by atoms with Crippen molar-refractivity contribution in [2.45, 2.75) is 51.7 Å². The van der Waals surface area contributed by atoms with Crippen LogP contribution in [0.25, 0.3) is 0 Å². The normalized spacial score (nSPS) is 28.3.